The summed E-state index contributed by atoms with van der Waals surface area (Å²) in [5.41, 5.74) is 7.63. The van der Waals surface area contributed by atoms with Gasteiger partial charge in [0.2, 0.25) is 0 Å². The molecule has 0 bridgehead atoms. The summed E-state index contributed by atoms with van der Waals surface area (Å²) >= 11 is 0. The Balaban J connectivity index is 1.68. The first kappa shape index (κ1) is 16.0. The predicted molar refractivity (Wildman–Crippen MR) is 93.5 cm³/mol. The van der Waals surface area contributed by atoms with E-state index in [0.717, 1.165) is 22.8 Å². The molecule has 0 radical (unpaired) electrons. The van der Waals surface area contributed by atoms with Crippen LogP contribution in [0.1, 0.15) is 80.4 Å². The van der Waals surface area contributed by atoms with Crippen LogP contribution in [0.4, 0.5) is 0 Å². The lowest BCUT2D eigenvalue weighted by Crippen LogP contribution is -2.14. The molecule has 0 unspecified atom stereocenters. The van der Waals surface area contributed by atoms with Crippen molar-refractivity contribution in [1.82, 2.24) is 9.97 Å². The Bertz CT molecular complexity index is 668. The van der Waals surface area contributed by atoms with Gasteiger partial charge in [0.15, 0.2) is 0 Å². The molecule has 1 heterocycles. The third kappa shape index (κ3) is 3.57. The second-order valence-electron chi connectivity index (χ2n) is 6.90. The van der Waals surface area contributed by atoms with Crippen LogP contribution >= 0.6 is 0 Å². The Kier molecular flexibility index (Phi) is 4.99. The maximum Gasteiger partial charge on any atom is 0.250 e. The van der Waals surface area contributed by atoms with Gasteiger partial charge in [0, 0.05) is 5.92 Å². The summed E-state index contributed by atoms with van der Waals surface area (Å²) in [7, 11) is 0. The zero-order valence-corrected chi connectivity index (χ0v) is 14.0. The van der Waals surface area contributed by atoms with Gasteiger partial charge in [-0.05, 0) is 43.7 Å². The van der Waals surface area contributed by atoms with Crippen molar-refractivity contribution in [2.75, 3.05) is 0 Å². The maximum absolute atomic E-state index is 11.5. The van der Waals surface area contributed by atoms with Gasteiger partial charge in [-0.3, -0.25) is 4.79 Å². The molecule has 4 heteroatoms. The molecule has 0 atom stereocenters. The molecule has 3 rings (SSSR count). The number of imidazole rings is 1. The molecular formula is C19H27N3O. The number of hydrogen-bond acceptors (Lipinski definition) is 2. The first-order valence-electron chi connectivity index (χ1n) is 8.97. The predicted octanol–water partition coefficient (Wildman–Crippen LogP) is 4.52. The van der Waals surface area contributed by atoms with Crippen molar-refractivity contribution < 1.29 is 4.79 Å². The van der Waals surface area contributed by atoms with Gasteiger partial charge in [-0.25, -0.2) is 4.98 Å². The number of rotatable bonds is 6. The molecule has 0 aliphatic heterocycles. The lowest BCUT2D eigenvalue weighted by Gasteiger charge is -2.27. The van der Waals surface area contributed by atoms with Gasteiger partial charge in [0.1, 0.15) is 5.82 Å². The number of fused-ring (bicyclic) bond motifs is 1. The molecular weight excluding hydrogens is 286 g/mol. The lowest BCUT2D eigenvalue weighted by atomic mass is 9.79. The summed E-state index contributed by atoms with van der Waals surface area (Å²) in [4.78, 5) is 19.6. The van der Waals surface area contributed by atoms with Gasteiger partial charge >= 0.3 is 0 Å². The fourth-order valence-electron chi connectivity index (χ4n) is 3.86. The van der Waals surface area contributed by atoms with E-state index in [1.54, 1.807) is 6.07 Å². The van der Waals surface area contributed by atoms with Gasteiger partial charge in [-0.2, -0.15) is 0 Å². The number of primary amides is 1. The number of unbranched alkanes of at least 4 members (excludes halogenated alkanes) is 2. The molecule has 3 N–H and O–H groups in total. The highest BCUT2D eigenvalue weighted by Crippen LogP contribution is 2.37. The van der Waals surface area contributed by atoms with Crippen molar-refractivity contribution in [3.05, 3.63) is 29.6 Å². The lowest BCUT2D eigenvalue weighted by molar-refractivity contribution is 0.100. The van der Waals surface area contributed by atoms with E-state index in [9.17, 15) is 4.79 Å². The highest BCUT2D eigenvalue weighted by molar-refractivity contribution is 6.04. The third-order valence-corrected chi connectivity index (χ3v) is 5.25. The van der Waals surface area contributed by atoms with Gasteiger partial charge < -0.3 is 10.7 Å². The van der Waals surface area contributed by atoms with Crippen LogP contribution in [0.15, 0.2) is 18.2 Å². The second kappa shape index (κ2) is 7.16. The maximum atomic E-state index is 11.5. The van der Waals surface area contributed by atoms with E-state index in [0.29, 0.717) is 11.5 Å². The molecule has 1 fully saturated rings. The number of nitrogens with two attached hydrogens (primary N) is 1. The van der Waals surface area contributed by atoms with Crippen LogP contribution in [0.2, 0.25) is 0 Å². The van der Waals surface area contributed by atoms with E-state index < -0.39 is 5.91 Å². The fourth-order valence-corrected chi connectivity index (χ4v) is 3.86. The minimum Gasteiger partial charge on any atom is -0.366 e. The average Bonchev–Trinajstić information content (AvgIpc) is 2.99. The average molecular weight is 313 g/mol. The number of carbonyl (C=O) groups is 1. The first-order chi connectivity index (χ1) is 11.2. The van der Waals surface area contributed by atoms with Crippen molar-refractivity contribution in [2.45, 2.75) is 64.2 Å². The molecule has 1 aliphatic rings. The van der Waals surface area contributed by atoms with Crippen LogP contribution in [0.3, 0.4) is 0 Å². The molecule has 1 amide bonds. The molecule has 124 valence electrons. The number of hydrogen-bond donors (Lipinski definition) is 2. The molecule has 0 spiro atoms. The van der Waals surface area contributed by atoms with Crippen molar-refractivity contribution in [3.8, 4) is 0 Å². The highest BCUT2D eigenvalue weighted by atomic mass is 16.1. The zero-order valence-electron chi connectivity index (χ0n) is 14.0. The Labute approximate surface area is 137 Å². The van der Waals surface area contributed by atoms with E-state index in [1.165, 1.54) is 51.4 Å². The third-order valence-electron chi connectivity index (χ3n) is 5.25. The largest absolute Gasteiger partial charge is 0.366 e. The van der Waals surface area contributed by atoms with Crippen molar-refractivity contribution in [3.63, 3.8) is 0 Å². The first-order valence-corrected chi connectivity index (χ1v) is 8.97. The Morgan fingerprint density at radius 1 is 1.26 bits per heavy atom. The van der Waals surface area contributed by atoms with Crippen LogP contribution in [0.25, 0.3) is 11.0 Å². The minimum atomic E-state index is -0.398. The minimum absolute atomic E-state index is 0.398. The normalized spacial score (nSPS) is 21.6. The molecule has 23 heavy (non-hydrogen) atoms. The Hall–Kier alpha value is -1.84. The molecule has 1 aromatic carbocycles. The summed E-state index contributed by atoms with van der Waals surface area (Å²) in [6.45, 7) is 2.26. The summed E-state index contributed by atoms with van der Waals surface area (Å²) in [5.74, 6) is 2.01. The summed E-state index contributed by atoms with van der Waals surface area (Å²) in [6, 6.07) is 5.55. The monoisotopic (exact) mass is 313 g/mol. The quantitative estimate of drug-likeness (QED) is 0.770. The Morgan fingerprint density at radius 3 is 2.74 bits per heavy atom. The molecule has 1 aromatic heterocycles. The highest BCUT2D eigenvalue weighted by Gasteiger charge is 2.24. The van der Waals surface area contributed by atoms with E-state index in [4.69, 9.17) is 10.7 Å². The standard InChI is InChI=1S/C19H27N3O/c1-2-3-4-6-13-9-11-14(12-10-13)19-21-16-8-5-7-15(18(20)23)17(16)22-19/h5,7-8,13-14H,2-4,6,9-12H2,1H3,(H2,20,23)(H,21,22)/t13-,14-. The topological polar surface area (TPSA) is 71.8 Å². The van der Waals surface area contributed by atoms with Gasteiger partial charge in [0.05, 0.1) is 16.6 Å². The molecule has 4 nitrogen and oxygen atoms in total. The van der Waals surface area contributed by atoms with E-state index in [1.807, 2.05) is 12.1 Å². The van der Waals surface area contributed by atoms with Crippen LogP contribution < -0.4 is 5.73 Å². The number of nitrogens with one attached hydrogen (secondary N) is 1. The van der Waals surface area contributed by atoms with E-state index in [-0.39, 0.29) is 0 Å². The smallest absolute Gasteiger partial charge is 0.250 e. The number of para-hydroxylation sites is 1. The van der Waals surface area contributed by atoms with Gasteiger partial charge in [-0.15, -0.1) is 0 Å². The molecule has 0 saturated heterocycles. The number of amides is 1. The number of H-pyrrole nitrogens is 1. The van der Waals surface area contributed by atoms with E-state index in [2.05, 4.69) is 11.9 Å². The van der Waals surface area contributed by atoms with Crippen LogP contribution in [0.5, 0.6) is 0 Å². The van der Waals surface area contributed by atoms with Crippen molar-refractivity contribution in [2.24, 2.45) is 11.7 Å². The summed E-state index contributed by atoms with van der Waals surface area (Å²) < 4.78 is 0. The van der Waals surface area contributed by atoms with Gasteiger partial charge in [0.25, 0.3) is 5.91 Å². The van der Waals surface area contributed by atoms with Crippen LogP contribution in [-0.2, 0) is 0 Å². The zero-order chi connectivity index (χ0) is 16.2. The van der Waals surface area contributed by atoms with Gasteiger partial charge in [-0.1, -0.05) is 38.7 Å². The SMILES string of the molecule is CCCCC[C@H]1CC[C@H](c2nc3cccc(C(N)=O)c3[nH]2)CC1. The number of aromatic amines is 1. The molecule has 1 aliphatic carbocycles. The molecule has 2 aromatic rings. The number of nitrogens with zero attached hydrogens (tertiary/aromatic N) is 1. The number of carbonyl (C=O) groups excluding carboxylic acids is 1. The second-order valence-corrected chi connectivity index (χ2v) is 6.90. The summed E-state index contributed by atoms with van der Waals surface area (Å²) in [5, 5.41) is 0. The summed E-state index contributed by atoms with van der Waals surface area (Å²) in [6.07, 6.45) is 10.4. The van der Waals surface area contributed by atoms with Crippen molar-refractivity contribution in [1.29, 1.82) is 0 Å². The van der Waals surface area contributed by atoms with Crippen molar-refractivity contribution >= 4 is 16.9 Å². The van der Waals surface area contributed by atoms with Crippen LogP contribution in [-0.4, -0.2) is 15.9 Å². The Morgan fingerprint density at radius 2 is 2.04 bits per heavy atom. The fraction of sp³-hybridized carbons (Fsp3) is 0.579. The van der Waals surface area contributed by atoms with Crippen LogP contribution in [0, 0.1) is 5.92 Å². The number of benzene rings is 1. The van der Waals surface area contributed by atoms with E-state index >= 15 is 0 Å². The number of aromatic nitrogens is 2. The molecule has 1 saturated carbocycles.